The molecule has 1 atom stereocenters. The highest BCUT2D eigenvalue weighted by atomic mass is 79.9. The lowest BCUT2D eigenvalue weighted by atomic mass is 10.1. The van der Waals surface area contributed by atoms with E-state index in [0.717, 1.165) is 40.7 Å². The Kier molecular flexibility index (Phi) is 9.48. The molecule has 0 aliphatic heterocycles. The molecule has 0 heterocycles. The Morgan fingerprint density at radius 1 is 1.11 bits per heavy atom. The fourth-order valence-electron chi connectivity index (χ4n) is 4.03. The molecule has 0 saturated heterocycles. The second kappa shape index (κ2) is 12.0. The van der Waals surface area contributed by atoms with Crippen LogP contribution in [0.5, 0.6) is 0 Å². The van der Waals surface area contributed by atoms with Gasteiger partial charge in [-0.3, -0.25) is 13.9 Å². The fraction of sp³-hybridized carbons (Fsp3) is 0.417. The summed E-state index contributed by atoms with van der Waals surface area (Å²) in [5.74, 6) is -0.816. The molecule has 0 bridgehead atoms. The molecule has 2 aromatic carbocycles. The summed E-state index contributed by atoms with van der Waals surface area (Å²) in [6.07, 6.45) is 4.96. The summed E-state index contributed by atoms with van der Waals surface area (Å²) in [4.78, 5) is 28.0. The summed E-state index contributed by atoms with van der Waals surface area (Å²) >= 11 is 15.7. The van der Waals surface area contributed by atoms with Gasteiger partial charge in [0.15, 0.2) is 0 Å². The van der Waals surface area contributed by atoms with Crippen molar-refractivity contribution in [3.05, 3.63) is 62.5 Å². The largest absolute Gasteiger partial charge is 0.352 e. The van der Waals surface area contributed by atoms with Gasteiger partial charge in [0.05, 0.1) is 11.9 Å². The normalized spacial score (nSPS) is 15.0. The molecule has 190 valence electrons. The van der Waals surface area contributed by atoms with Crippen LogP contribution in [-0.2, 0) is 26.2 Å². The molecule has 1 saturated carbocycles. The monoisotopic (exact) mass is 603 g/mol. The van der Waals surface area contributed by atoms with Gasteiger partial charge in [-0.2, -0.15) is 0 Å². The van der Waals surface area contributed by atoms with Crippen LogP contribution in [0.15, 0.2) is 46.9 Å². The van der Waals surface area contributed by atoms with E-state index in [-0.39, 0.29) is 18.5 Å². The van der Waals surface area contributed by atoms with Gasteiger partial charge in [-0.15, -0.1) is 0 Å². The highest BCUT2D eigenvalue weighted by Gasteiger charge is 2.31. The minimum Gasteiger partial charge on any atom is -0.352 e. The molecule has 0 spiro atoms. The standard InChI is InChI=1S/C24H28BrCl2N3O4S/c1-16(24(32)28-20-5-3-4-6-20)29(14-17-7-10-19(26)13-22(17)27)23(31)15-30(35(2,33)34)21-11-8-18(25)9-12-21/h7-13,16,20H,3-6,14-15H2,1-2H3,(H,28,32). The predicted octanol–water partition coefficient (Wildman–Crippen LogP) is 5.00. The lowest BCUT2D eigenvalue weighted by Crippen LogP contribution is -2.52. The van der Waals surface area contributed by atoms with Crippen molar-refractivity contribution in [1.29, 1.82) is 0 Å². The maximum atomic E-state index is 13.6. The summed E-state index contributed by atoms with van der Waals surface area (Å²) < 4.78 is 27.0. The third-order valence-corrected chi connectivity index (χ3v) is 8.27. The Morgan fingerprint density at radius 2 is 1.74 bits per heavy atom. The van der Waals surface area contributed by atoms with Crippen LogP contribution in [0.4, 0.5) is 5.69 Å². The second-order valence-corrected chi connectivity index (χ2v) is 12.3. The summed E-state index contributed by atoms with van der Waals surface area (Å²) in [6, 6.07) is 10.7. The Morgan fingerprint density at radius 3 is 2.31 bits per heavy atom. The second-order valence-electron chi connectivity index (χ2n) is 8.67. The molecule has 1 fully saturated rings. The van der Waals surface area contributed by atoms with Crippen LogP contribution in [0, 0.1) is 0 Å². The Balaban J connectivity index is 1.89. The number of benzene rings is 2. The molecule has 0 aromatic heterocycles. The quantitative estimate of drug-likeness (QED) is 0.436. The zero-order chi connectivity index (χ0) is 25.8. The van der Waals surface area contributed by atoms with E-state index in [0.29, 0.717) is 21.3 Å². The van der Waals surface area contributed by atoms with Crippen molar-refractivity contribution in [3.8, 4) is 0 Å². The van der Waals surface area contributed by atoms with E-state index in [2.05, 4.69) is 21.2 Å². The molecular formula is C24H28BrCl2N3O4S. The molecule has 1 aliphatic carbocycles. The van der Waals surface area contributed by atoms with Gasteiger partial charge in [0, 0.05) is 27.1 Å². The molecule has 1 N–H and O–H groups in total. The number of anilines is 1. The van der Waals surface area contributed by atoms with E-state index in [4.69, 9.17) is 23.2 Å². The third-order valence-electron chi connectivity index (χ3n) is 6.02. The lowest BCUT2D eigenvalue weighted by molar-refractivity contribution is -0.139. The number of rotatable bonds is 9. The number of sulfonamides is 1. The van der Waals surface area contributed by atoms with E-state index in [9.17, 15) is 18.0 Å². The average molecular weight is 605 g/mol. The van der Waals surface area contributed by atoms with Gasteiger partial charge in [-0.25, -0.2) is 8.42 Å². The topological polar surface area (TPSA) is 86.8 Å². The highest BCUT2D eigenvalue weighted by molar-refractivity contribution is 9.10. The van der Waals surface area contributed by atoms with E-state index in [1.54, 1.807) is 49.4 Å². The van der Waals surface area contributed by atoms with Crippen LogP contribution in [0.1, 0.15) is 38.2 Å². The number of carbonyl (C=O) groups excluding carboxylic acids is 2. The van der Waals surface area contributed by atoms with E-state index < -0.39 is 28.5 Å². The fourth-order valence-corrected chi connectivity index (χ4v) is 5.61. The number of nitrogens with zero attached hydrogens (tertiary/aromatic N) is 2. The van der Waals surface area contributed by atoms with Crippen molar-refractivity contribution in [2.75, 3.05) is 17.1 Å². The summed E-state index contributed by atoms with van der Waals surface area (Å²) in [5, 5.41) is 3.82. The molecule has 2 aromatic rings. The highest BCUT2D eigenvalue weighted by Crippen LogP contribution is 2.25. The van der Waals surface area contributed by atoms with Crippen LogP contribution < -0.4 is 9.62 Å². The Bertz CT molecular complexity index is 1170. The van der Waals surface area contributed by atoms with Crippen LogP contribution in [0.25, 0.3) is 0 Å². The maximum absolute atomic E-state index is 13.6. The maximum Gasteiger partial charge on any atom is 0.244 e. The van der Waals surface area contributed by atoms with Crippen LogP contribution in [-0.4, -0.2) is 50.0 Å². The van der Waals surface area contributed by atoms with Gasteiger partial charge in [-0.1, -0.05) is 58.0 Å². The molecule has 35 heavy (non-hydrogen) atoms. The predicted molar refractivity (Wildman–Crippen MR) is 143 cm³/mol. The van der Waals surface area contributed by atoms with E-state index in [1.165, 1.54) is 4.90 Å². The van der Waals surface area contributed by atoms with Crippen LogP contribution in [0.3, 0.4) is 0 Å². The summed E-state index contributed by atoms with van der Waals surface area (Å²) in [5.41, 5.74) is 0.941. The minimum absolute atomic E-state index is 0.0199. The van der Waals surface area contributed by atoms with Crippen molar-refractivity contribution in [2.24, 2.45) is 0 Å². The molecule has 1 unspecified atom stereocenters. The van der Waals surface area contributed by atoms with Crippen molar-refractivity contribution in [1.82, 2.24) is 10.2 Å². The van der Waals surface area contributed by atoms with Crippen LogP contribution >= 0.6 is 39.1 Å². The van der Waals surface area contributed by atoms with Crippen molar-refractivity contribution in [3.63, 3.8) is 0 Å². The van der Waals surface area contributed by atoms with Crippen LogP contribution in [0.2, 0.25) is 10.0 Å². The number of amides is 2. The summed E-state index contributed by atoms with van der Waals surface area (Å²) in [7, 11) is -3.78. The van der Waals surface area contributed by atoms with Crippen molar-refractivity contribution in [2.45, 2.75) is 51.2 Å². The lowest BCUT2D eigenvalue weighted by Gasteiger charge is -2.32. The number of nitrogens with one attached hydrogen (secondary N) is 1. The first-order valence-corrected chi connectivity index (χ1v) is 14.6. The van der Waals surface area contributed by atoms with Gasteiger partial charge < -0.3 is 10.2 Å². The zero-order valence-corrected chi connectivity index (χ0v) is 23.4. The van der Waals surface area contributed by atoms with Crippen molar-refractivity contribution < 1.29 is 18.0 Å². The van der Waals surface area contributed by atoms with Gasteiger partial charge in [0.25, 0.3) is 0 Å². The van der Waals surface area contributed by atoms with Crippen molar-refractivity contribution >= 4 is 66.7 Å². The average Bonchev–Trinajstić information content (AvgIpc) is 3.29. The molecule has 0 radical (unpaired) electrons. The van der Waals surface area contributed by atoms with E-state index in [1.807, 2.05) is 0 Å². The molecule has 1 aliphatic rings. The summed E-state index contributed by atoms with van der Waals surface area (Å²) in [6.45, 7) is 1.19. The van der Waals surface area contributed by atoms with Gasteiger partial charge in [0.2, 0.25) is 21.8 Å². The SMILES string of the molecule is CC(C(=O)NC1CCCC1)N(Cc1ccc(Cl)cc1Cl)C(=O)CN(c1ccc(Br)cc1)S(C)(=O)=O. The number of hydrogen-bond acceptors (Lipinski definition) is 4. The minimum atomic E-state index is -3.78. The van der Waals surface area contributed by atoms with E-state index >= 15 is 0 Å². The number of carbonyl (C=O) groups is 2. The number of hydrogen-bond donors (Lipinski definition) is 1. The zero-order valence-electron chi connectivity index (χ0n) is 19.5. The Labute approximate surface area is 224 Å². The molecule has 11 heteroatoms. The molecule has 2 amide bonds. The van der Waals surface area contributed by atoms with Gasteiger partial charge >= 0.3 is 0 Å². The first kappa shape index (κ1) is 27.8. The molecular weight excluding hydrogens is 577 g/mol. The molecule has 3 rings (SSSR count). The first-order chi connectivity index (χ1) is 16.5. The molecule has 7 nitrogen and oxygen atoms in total. The van der Waals surface area contributed by atoms with Gasteiger partial charge in [0.1, 0.15) is 12.6 Å². The van der Waals surface area contributed by atoms with Gasteiger partial charge in [-0.05, 0) is 61.7 Å². The third kappa shape index (κ3) is 7.59. The first-order valence-electron chi connectivity index (χ1n) is 11.2. The smallest absolute Gasteiger partial charge is 0.244 e. The number of halogens is 3. The Hall–Kier alpha value is -1.81.